The molecule has 0 fully saturated rings. The van der Waals surface area contributed by atoms with Gasteiger partial charge in [0.15, 0.2) is 0 Å². The van der Waals surface area contributed by atoms with Crippen molar-refractivity contribution in [2.45, 2.75) is 33.1 Å². The Bertz CT molecular complexity index is 382. The molecule has 0 radical (unpaired) electrons. The second-order valence-electron chi connectivity index (χ2n) is 4.97. The molecule has 0 aliphatic rings. The molecule has 0 unspecified atom stereocenters. The van der Waals surface area contributed by atoms with E-state index in [1.807, 2.05) is 18.2 Å². The molecule has 0 spiro atoms. The maximum Gasteiger partial charge on any atom is 0.0621 e. The van der Waals surface area contributed by atoms with Gasteiger partial charge in [0, 0.05) is 6.42 Å². The number of rotatable bonds is 5. The molecule has 1 heteroatoms. The minimum Gasteiger partial charge on any atom is -0.198 e. The summed E-state index contributed by atoms with van der Waals surface area (Å²) < 4.78 is 0. The SMILES string of the molecule is C=C(CC(C)(C)CCC#N)c1ccccc1. The molecule has 0 aliphatic carbocycles. The van der Waals surface area contributed by atoms with E-state index in [-0.39, 0.29) is 5.41 Å². The molecule has 84 valence electrons. The zero-order valence-corrected chi connectivity index (χ0v) is 10.2. The van der Waals surface area contributed by atoms with Gasteiger partial charge in [0.25, 0.3) is 0 Å². The van der Waals surface area contributed by atoms with Crippen LogP contribution in [0.25, 0.3) is 5.57 Å². The first kappa shape index (κ1) is 12.5. The smallest absolute Gasteiger partial charge is 0.0621 e. The Morgan fingerprint density at radius 2 is 1.94 bits per heavy atom. The Balaban J connectivity index is 2.61. The lowest BCUT2D eigenvalue weighted by molar-refractivity contribution is 0.350. The summed E-state index contributed by atoms with van der Waals surface area (Å²) in [5.74, 6) is 0. The van der Waals surface area contributed by atoms with E-state index in [0.29, 0.717) is 6.42 Å². The van der Waals surface area contributed by atoms with Gasteiger partial charge < -0.3 is 0 Å². The quantitative estimate of drug-likeness (QED) is 0.710. The third-order valence-electron chi connectivity index (χ3n) is 2.79. The maximum absolute atomic E-state index is 8.61. The largest absolute Gasteiger partial charge is 0.198 e. The zero-order valence-electron chi connectivity index (χ0n) is 10.2. The second kappa shape index (κ2) is 5.51. The van der Waals surface area contributed by atoms with Crippen molar-refractivity contribution in [3.63, 3.8) is 0 Å². The van der Waals surface area contributed by atoms with E-state index in [0.717, 1.165) is 18.4 Å². The number of allylic oxidation sites excluding steroid dienone is 1. The Hall–Kier alpha value is -1.55. The first-order chi connectivity index (χ1) is 7.55. The predicted octanol–water partition coefficient (Wildman–Crippen LogP) is 4.42. The van der Waals surface area contributed by atoms with Crippen LogP contribution in [0.4, 0.5) is 0 Å². The Morgan fingerprint density at radius 3 is 2.50 bits per heavy atom. The lowest BCUT2D eigenvalue weighted by atomic mass is 9.80. The molecule has 0 saturated heterocycles. The van der Waals surface area contributed by atoms with Gasteiger partial charge in [0.05, 0.1) is 6.07 Å². The van der Waals surface area contributed by atoms with E-state index in [1.54, 1.807) is 0 Å². The summed E-state index contributed by atoms with van der Waals surface area (Å²) in [5.41, 5.74) is 2.51. The van der Waals surface area contributed by atoms with Gasteiger partial charge in [-0.15, -0.1) is 0 Å². The van der Waals surface area contributed by atoms with Crippen LogP contribution >= 0.6 is 0 Å². The summed E-state index contributed by atoms with van der Waals surface area (Å²) in [6.07, 6.45) is 2.49. The Morgan fingerprint density at radius 1 is 1.31 bits per heavy atom. The predicted molar refractivity (Wildman–Crippen MR) is 68.7 cm³/mol. The number of benzene rings is 1. The van der Waals surface area contributed by atoms with Gasteiger partial charge in [-0.25, -0.2) is 0 Å². The maximum atomic E-state index is 8.61. The van der Waals surface area contributed by atoms with Crippen LogP contribution in [0.15, 0.2) is 36.9 Å². The second-order valence-corrected chi connectivity index (χ2v) is 4.97. The van der Waals surface area contributed by atoms with Crippen LogP contribution in [0, 0.1) is 16.7 Å². The third-order valence-corrected chi connectivity index (χ3v) is 2.79. The first-order valence-electron chi connectivity index (χ1n) is 5.65. The van der Waals surface area contributed by atoms with Crippen LogP contribution in [0.2, 0.25) is 0 Å². The summed E-state index contributed by atoms with van der Waals surface area (Å²) in [4.78, 5) is 0. The number of hydrogen-bond acceptors (Lipinski definition) is 1. The third kappa shape index (κ3) is 3.90. The highest BCUT2D eigenvalue weighted by Crippen LogP contribution is 2.33. The molecule has 0 heterocycles. The standard InChI is InChI=1S/C15H19N/c1-13(14-8-5-4-6-9-14)12-15(2,3)10-7-11-16/h4-6,8-9H,1,7,10,12H2,2-3H3. The lowest BCUT2D eigenvalue weighted by Crippen LogP contribution is -2.11. The Kier molecular flexibility index (Phi) is 4.31. The molecule has 1 aromatic carbocycles. The molecular formula is C15H19N. The number of hydrogen-bond donors (Lipinski definition) is 0. The molecule has 0 aliphatic heterocycles. The highest BCUT2D eigenvalue weighted by molar-refractivity contribution is 5.63. The fourth-order valence-electron chi connectivity index (χ4n) is 1.84. The Labute approximate surface area is 98.4 Å². The minimum absolute atomic E-state index is 0.155. The molecular weight excluding hydrogens is 194 g/mol. The fourth-order valence-corrected chi connectivity index (χ4v) is 1.84. The van der Waals surface area contributed by atoms with Gasteiger partial charge >= 0.3 is 0 Å². The molecule has 16 heavy (non-hydrogen) atoms. The molecule has 1 rings (SSSR count). The van der Waals surface area contributed by atoms with Gasteiger partial charge in [0.2, 0.25) is 0 Å². The van der Waals surface area contributed by atoms with E-state index in [1.165, 1.54) is 5.56 Å². The van der Waals surface area contributed by atoms with E-state index in [9.17, 15) is 0 Å². The first-order valence-corrected chi connectivity index (χ1v) is 5.65. The molecule has 0 saturated carbocycles. The monoisotopic (exact) mass is 213 g/mol. The van der Waals surface area contributed by atoms with Crippen molar-refractivity contribution in [2.24, 2.45) is 5.41 Å². The summed E-state index contributed by atoms with van der Waals surface area (Å²) in [7, 11) is 0. The van der Waals surface area contributed by atoms with E-state index in [2.05, 4.69) is 38.6 Å². The van der Waals surface area contributed by atoms with Crippen LogP contribution in [0.1, 0.15) is 38.7 Å². The number of nitriles is 1. The summed E-state index contributed by atoms with van der Waals surface area (Å²) in [5, 5.41) is 8.61. The van der Waals surface area contributed by atoms with Crippen molar-refractivity contribution >= 4 is 5.57 Å². The van der Waals surface area contributed by atoms with E-state index >= 15 is 0 Å². The van der Waals surface area contributed by atoms with Gasteiger partial charge in [0.1, 0.15) is 0 Å². The average molecular weight is 213 g/mol. The van der Waals surface area contributed by atoms with E-state index in [4.69, 9.17) is 5.26 Å². The van der Waals surface area contributed by atoms with Crippen LogP contribution in [0.5, 0.6) is 0 Å². The topological polar surface area (TPSA) is 23.8 Å². The lowest BCUT2D eigenvalue weighted by Gasteiger charge is -2.24. The molecule has 0 atom stereocenters. The molecule has 0 amide bonds. The molecule has 1 nitrogen and oxygen atoms in total. The highest BCUT2D eigenvalue weighted by Gasteiger charge is 2.19. The van der Waals surface area contributed by atoms with Crippen LogP contribution < -0.4 is 0 Å². The van der Waals surface area contributed by atoms with E-state index < -0.39 is 0 Å². The zero-order chi connectivity index (χ0) is 12.0. The van der Waals surface area contributed by atoms with Crippen molar-refractivity contribution in [1.29, 1.82) is 5.26 Å². The van der Waals surface area contributed by atoms with Crippen molar-refractivity contribution in [2.75, 3.05) is 0 Å². The van der Waals surface area contributed by atoms with Gasteiger partial charge in [-0.2, -0.15) is 5.26 Å². The highest BCUT2D eigenvalue weighted by atomic mass is 14.3. The van der Waals surface area contributed by atoms with Gasteiger partial charge in [-0.05, 0) is 29.4 Å². The molecule has 0 aromatic heterocycles. The molecule has 0 bridgehead atoms. The summed E-state index contributed by atoms with van der Waals surface area (Å²) in [6, 6.07) is 12.5. The van der Waals surface area contributed by atoms with Crippen molar-refractivity contribution < 1.29 is 0 Å². The van der Waals surface area contributed by atoms with Crippen LogP contribution in [-0.4, -0.2) is 0 Å². The van der Waals surface area contributed by atoms with Crippen LogP contribution in [-0.2, 0) is 0 Å². The van der Waals surface area contributed by atoms with Crippen molar-refractivity contribution in [3.05, 3.63) is 42.5 Å². The molecule has 1 aromatic rings. The summed E-state index contributed by atoms with van der Waals surface area (Å²) in [6.45, 7) is 8.52. The minimum atomic E-state index is 0.155. The van der Waals surface area contributed by atoms with Gasteiger partial charge in [-0.1, -0.05) is 50.8 Å². The fraction of sp³-hybridized carbons (Fsp3) is 0.400. The van der Waals surface area contributed by atoms with Crippen molar-refractivity contribution in [1.82, 2.24) is 0 Å². The van der Waals surface area contributed by atoms with Crippen molar-refractivity contribution in [3.8, 4) is 6.07 Å². The average Bonchev–Trinajstić information content (AvgIpc) is 2.27. The molecule has 0 N–H and O–H groups in total. The van der Waals surface area contributed by atoms with Gasteiger partial charge in [-0.3, -0.25) is 0 Å². The van der Waals surface area contributed by atoms with Crippen LogP contribution in [0.3, 0.4) is 0 Å². The normalized spacial score (nSPS) is 10.8. The number of nitrogens with zero attached hydrogens (tertiary/aromatic N) is 1. The summed E-state index contributed by atoms with van der Waals surface area (Å²) >= 11 is 0.